The molecule has 0 saturated carbocycles. The smallest absolute Gasteiger partial charge is 0.172 e. The first-order valence-corrected chi connectivity index (χ1v) is 6.54. The lowest BCUT2D eigenvalue weighted by atomic mass is 10.1. The largest absolute Gasteiger partial charge is 0.409 e. The van der Waals surface area contributed by atoms with Gasteiger partial charge in [0.25, 0.3) is 0 Å². The molecule has 1 aromatic rings. The Labute approximate surface area is 113 Å². The summed E-state index contributed by atoms with van der Waals surface area (Å²) in [6.45, 7) is 6.08. The van der Waals surface area contributed by atoms with Gasteiger partial charge in [0.1, 0.15) is 0 Å². The van der Waals surface area contributed by atoms with E-state index in [4.69, 9.17) is 22.5 Å². The molecule has 18 heavy (non-hydrogen) atoms. The second kappa shape index (κ2) is 7.11. The number of amidine groups is 1. The van der Waals surface area contributed by atoms with Crippen molar-refractivity contribution >= 4 is 23.1 Å². The fourth-order valence-corrected chi connectivity index (χ4v) is 2.10. The zero-order valence-corrected chi connectivity index (χ0v) is 11.6. The highest BCUT2D eigenvalue weighted by molar-refractivity contribution is 6.31. The Bertz CT molecular complexity index is 415. The second-order valence-corrected chi connectivity index (χ2v) is 4.57. The molecule has 0 amide bonds. The monoisotopic (exact) mass is 269 g/mol. The normalized spacial score (nSPS) is 11.6. The molecule has 0 spiro atoms. The van der Waals surface area contributed by atoms with E-state index in [1.807, 2.05) is 6.07 Å². The number of hydrogen-bond acceptors (Lipinski definition) is 3. The highest BCUT2D eigenvalue weighted by atomic mass is 35.5. The van der Waals surface area contributed by atoms with Crippen LogP contribution in [0.5, 0.6) is 0 Å². The van der Waals surface area contributed by atoms with Crippen molar-refractivity contribution in [2.24, 2.45) is 10.9 Å². The zero-order chi connectivity index (χ0) is 13.5. The van der Waals surface area contributed by atoms with Gasteiger partial charge in [-0.15, -0.1) is 0 Å². The molecular formula is C13H20ClN3O. The Kier molecular flexibility index (Phi) is 5.78. The summed E-state index contributed by atoms with van der Waals surface area (Å²) in [7, 11) is 0. The second-order valence-electron chi connectivity index (χ2n) is 4.13. The zero-order valence-electron chi connectivity index (χ0n) is 10.9. The SMILES string of the molecule is CCCN(CCC)c1cc(Cl)ccc1C(N)=NO. The summed E-state index contributed by atoms with van der Waals surface area (Å²) in [6.07, 6.45) is 2.06. The average Bonchev–Trinajstić information content (AvgIpc) is 2.37. The minimum absolute atomic E-state index is 0.110. The number of halogens is 1. The van der Waals surface area contributed by atoms with E-state index in [1.165, 1.54) is 0 Å². The van der Waals surface area contributed by atoms with Crippen molar-refractivity contribution in [2.45, 2.75) is 26.7 Å². The number of rotatable bonds is 6. The molecule has 0 aromatic heterocycles. The van der Waals surface area contributed by atoms with Crippen molar-refractivity contribution in [3.05, 3.63) is 28.8 Å². The summed E-state index contributed by atoms with van der Waals surface area (Å²) in [4.78, 5) is 2.21. The van der Waals surface area contributed by atoms with Gasteiger partial charge in [-0.25, -0.2) is 0 Å². The van der Waals surface area contributed by atoms with Crippen molar-refractivity contribution in [2.75, 3.05) is 18.0 Å². The van der Waals surface area contributed by atoms with Gasteiger partial charge in [0.15, 0.2) is 5.84 Å². The molecule has 0 heterocycles. The summed E-state index contributed by atoms with van der Waals surface area (Å²) in [5.41, 5.74) is 7.34. The molecule has 0 bridgehead atoms. The van der Waals surface area contributed by atoms with Crippen LogP contribution in [0.15, 0.2) is 23.4 Å². The van der Waals surface area contributed by atoms with Crippen molar-refractivity contribution in [3.8, 4) is 0 Å². The number of benzene rings is 1. The lowest BCUT2D eigenvalue weighted by molar-refractivity contribution is 0.318. The highest BCUT2D eigenvalue weighted by Crippen LogP contribution is 2.25. The van der Waals surface area contributed by atoms with E-state index in [0.717, 1.165) is 31.6 Å². The number of nitrogens with two attached hydrogens (primary N) is 1. The Hall–Kier alpha value is -1.42. The van der Waals surface area contributed by atoms with Gasteiger partial charge < -0.3 is 15.8 Å². The summed E-state index contributed by atoms with van der Waals surface area (Å²) >= 11 is 6.04. The molecule has 0 fully saturated rings. The molecule has 1 aromatic carbocycles. The maximum Gasteiger partial charge on any atom is 0.172 e. The van der Waals surface area contributed by atoms with Crippen LogP contribution in [-0.4, -0.2) is 24.1 Å². The molecular weight excluding hydrogens is 250 g/mol. The summed E-state index contributed by atoms with van der Waals surface area (Å²) in [5, 5.41) is 12.6. The van der Waals surface area contributed by atoms with Gasteiger partial charge in [0.05, 0.1) is 0 Å². The molecule has 0 atom stereocenters. The Morgan fingerprint density at radius 2 is 1.94 bits per heavy atom. The minimum Gasteiger partial charge on any atom is -0.409 e. The van der Waals surface area contributed by atoms with Crippen LogP contribution in [0.2, 0.25) is 5.02 Å². The predicted molar refractivity (Wildman–Crippen MR) is 76.8 cm³/mol. The summed E-state index contributed by atoms with van der Waals surface area (Å²) < 4.78 is 0. The molecule has 100 valence electrons. The van der Waals surface area contributed by atoms with Gasteiger partial charge in [0, 0.05) is 29.4 Å². The topological polar surface area (TPSA) is 61.8 Å². The van der Waals surface area contributed by atoms with E-state index >= 15 is 0 Å². The van der Waals surface area contributed by atoms with E-state index in [2.05, 4.69) is 23.9 Å². The molecule has 0 radical (unpaired) electrons. The average molecular weight is 270 g/mol. The van der Waals surface area contributed by atoms with Crippen LogP contribution in [0.1, 0.15) is 32.3 Å². The summed E-state index contributed by atoms with van der Waals surface area (Å²) in [6, 6.07) is 5.39. The quantitative estimate of drug-likeness (QED) is 0.361. The van der Waals surface area contributed by atoms with Gasteiger partial charge in [-0.2, -0.15) is 0 Å². The third-order valence-electron chi connectivity index (χ3n) is 2.67. The van der Waals surface area contributed by atoms with Crippen molar-refractivity contribution in [1.29, 1.82) is 0 Å². The maximum absolute atomic E-state index is 8.83. The lowest BCUT2D eigenvalue weighted by Gasteiger charge is -2.26. The van der Waals surface area contributed by atoms with E-state index in [9.17, 15) is 0 Å². The Morgan fingerprint density at radius 3 is 2.44 bits per heavy atom. The van der Waals surface area contributed by atoms with Crippen LogP contribution in [0.25, 0.3) is 0 Å². The van der Waals surface area contributed by atoms with Gasteiger partial charge in [-0.05, 0) is 31.0 Å². The number of oxime groups is 1. The molecule has 0 saturated heterocycles. The van der Waals surface area contributed by atoms with E-state index in [0.29, 0.717) is 10.6 Å². The molecule has 0 unspecified atom stereocenters. The lowest BCUT2D eigenvalue weighted by Crippen LogP contribution is -2.28. The van der Waals surface area contributed by atoms with Crippen molar-refractivity contribution < 1.29 is 5.21 Å². The van der Waals surface area contributed by atoms with Crippen LogP contribution in [0.3, 0.4) is 0 Å². The fourth-order valence-electron chi connectivity index (χ4n) is 1.93. The first kappa shape index (κ1) is 14.6. The molecule has 5 heteroatoms. The number of nitrogens with zero attached hydrogens (tertiary/aromatic N) is 2. The molecule has 0 aliphatic heterocycles. The molecule has 0 aliphatic carbocycles. The van der Waals surface area contributed by atoms with E-state index in [-0.39, 0.29) is 5.84 Å². The highest BCUT2D eigenvalue weighted by Gasteiger charge is 2.13. The summed E-state index contributed by atoms with van der Waals surface area (Å²) in [5.74, 6) is 0.110. The maximum atomic E-state index is 8.83. The third-order valence-corrected chi connectivity index (χ3v) is 2.91. The van der Waals surface area contributed by atoms with E-state index in [1.54, 1.807) is 12.1 Å². The van der Waals surface area contributed by atoms with Crippen LogP contribution < -0.4 is 10.6 Å². The van der Waals surface area contributed by atoms with Crippen LogP contribution >= 0.6 is 11.6 Å². The van der Waals surface area contributed by atoms with Crippen molar-refractivity contribution in [3.63, 3.8) is 0 Å². The fraction of sp³-hybridized carbons (Fsp3) is 0.462. The standard InChI is InChI=1S/C13H20ClN3O/c1-3-7-17(8-4-2)12-9-10(14)5-6-11(12)13(15)16-18/h5-6,9,18H,3-4,7-8H2,1-2H3,(H2,15,16). The molecule has 1 rings (SSSR count). The van der Waals surface area contributed by atoms with Gasteiger partial charge in [0.2, 0.25) is 0 Å². The Morgan fingerprint density at radius 1 is 1.33 bits per heavy atom. The van der Waals surface area contributed by atoms with E-state index < -0.39 is 0 Å². The number of anilines is 1. The van der Waals surface area contributed by atoms with Crippen LogP contribution in [0, 0.1) is 0 Å². The third kappa shape index (κ3) is 3.53. The molecule has 0 aliphatic rings. The van der Waals surface area contributed by atoms with Crippen molar-refractivity contribution in [1.82, 2.24) is 0 Å². The first-order chi connectivity index (χ1) is 8.63. The molecule has 4 nitrogen and oxygen atoms in total. The van der Waals surface area contributed by atoms with Gasteiger partial charge in [-0.1, -0.05) is 30.6 Å². The predicted octanol–water partition coefficient (Wildman–Crippen LogP) is 3.06. The van der Waals surface area contributed by atoms with Crippen LogP contribution in [0.4, 0.5) is 5.69 Å². The molecule has 3 N–H and O–H groups in total. The Balaban J connectivity index is 3.20. The first-order valence-electron chi connectivity index (χ1n) is 6.16. The van der Waals surface area contributed by atoms with Gasteiger partial charge >= 0.3 is 0 Å². The van der Waals surface area contributed by atoms with Crippen LogP contribution in [-0.2, 0) is 0 Å². The van der Waals surface area contributed by atoms with Gasteiger partial charge in [-0.3, -0.25) is 0 Å². The number of hydrogen-bond donors (Lipinski definition) is 2. The minimum atomic E-state index is 0.110.